The van der Waals surface area contributed by atoms with Crippen molar-refractivity contribution >= 4 is 0 Å². The second-order valence-corrected chi connectivity index (χ2v) is 4.59. The molecule has 0 aromatic rings. The molecule has 0 heterocycles. The summed E-state index contributed by atoms with van der Waals surface area (Å²) in [6.07, 6.45) is 9.53. The zero-order chi connectivity index (χ0) is 6.55. The van der Waals surface area contributed by atoms with E-state index in [0.717, 1.165) is 0 Å². The largest absolute Gasteiger partial charge is 0.358 e. The number of hydrogen-bond acceptors (Lipinski definition) is 0. The van der Waals surface area contributed by atoms with E-state index < -0.39 is 0 Å². The summed E-state index contributed by atoms with van der Waals surface area (Å²) in [6, 6.07) is 0. The predicted octanol–water partition coefficient (Wildman–Crippen LogP) is 3.73. The van der Waals surface area contributed by atoms with Crippen molar-refractivity contribution in [1.29, 1.82) is 0 Å². The van der Waals surface area contributed by atoms with Crippen LogP contribution in [0.1, 0.15) is 38.5 Å². The van der Waals surface area contributed by atoms with Gasteiger partial charge in [-0.3, -0.25) is 0 Å². The molecular formula is C12H22Y2-2. The standard InChI is InChI=1S/C10H16.2CH3.2Y/c1-2-9-7-4-5-8(6-7)10(9)3-1;;;;/h7-10H,1-6H2;2*1H3;;/q;2*-1;;. The van der Waals surface area contributed by atoms with Crippen molar-refractivity contribution in [1.82, 2.24) is 0 Å². The molecule has 4 unspecified atom stereocenters. The van der Waals surface area contributed by atoms with E-state index >= 15 is 0 Å². The maximum atomic E-state index is 1.62. The van der Waals surface area contributed by atoms with Crippen molar-refractivity contribution in [2.24, 2.45) is 23.7 Å². The Kier molecular flexibility index (Phi) is 9.97. The van der Waals surface area contributed by atoms with E-state index in [0.29, 0.717) is 0 Å². The molecule has 0 aromatic heterocycles. The van der Waals surface area contributed by atoms with Gasteiger partial charge in [0.05, 0.1) is 0 Å². The van der Waals surface area contributed by atoms with Crippen LogP contribution in [0, 0.1) is 38.5 Å². The first kappa shape index (κ1) is 18.6. The summed E-state index contributed by atoms with van der Waals surface area (Å²) in [7, 11) is 0. The third-order valence-corrected chi connectivity index (χ3v) is 4.35. The summed E-state index contributed by atoms with van der Waals surface area (Å²) in [6.45, 7) is 0. The second kappa shape index (κ2) is 7.52. The van der Waals surface area contributed by atoms with Crippen molar-refractivity contribution in [2.75, 3.05) is 0 Å². The minimum absolute atomic E-state index is 0. The van der Waals surface area contributed by atoms with Crippen molar-refractivity contribution in [3.05, 3.63) is 14.9 Å². The fourth-order valence-corrected chi connectivity index (χ4v) is 4.02. The van der Waals surface area contributed by atoms with Crippen molar-refractivity contribution in [3.8, 4) is 0 Å². The van der Waals surface area contributed by atoms with E-state index in [4.69, 9.17) is 0 Å². The quantitative estimate of drug-likeness (QED) is 0.588. The van der Waals surface area contributed by atoms with Crippen LogP contribution in [-0.2, 0) is 65.4 Å². The van der Waals surface area contributed by atoms with Crippen LogP contribution < -0.4 is 0 Å². The van der Waals surface area contributed by atoms with Gasteiger partial charge in [0.25, 0.3) is 0 Å². The minimum atomic E-state index is 0. The van der Waals surface area contributed by atoms with E-state index in [1.165, 1.54) is 23.7 Å². The van der Waals surface area contributed by atoms with Crippen molar-refractivity contribution in [2.45, 2.75) is 38.5 Å². The molecule has 0 amide bonds. The number of fused-ring (bicyclic) bond motifs is 5. The summed E-state index contributed by atoms with van der Waals surface area (Å²) in [4.78, 5) is 0. The van der Waals surface area contributed by atoms with Crippen molar-refractivity contribution in [3.63, 3.8) is 0 Å². The molecule has 0 aromatic carbocycles. The summed E-state index contributed by atoms with van der Waals surface area (Å²) >= 11 is 0. The Morgan fingerprint density at radius 2 is 1.07 bits per heavy atom. The summed E-state index contributed by atoms with van der Waals surface area (Å²) in [5.41, 5.74) is 0. The molecular weight excluding hydrogens is 322 g/mol. The SMILES string of the molecule is C1CC2C3CCC(C3)C2C1.[CH3-].[CH3-].[Y].[Y]. The first-order chi connectivity index (χ1) is 4.95. The van der Waals surface area contributed by atoms with Crippen LogP contribution in [0.3, 0.4) is 0 Å². The zero-order valence-electron chi connectivity index (χ0n) is 9.71. The zero-order valence-corrected chi connectivity index (χ0v) is 15.4. The maximum Gasteiger partial charge on any atom is 0 e. The molecule has 4 atom stereocenters. The van der Waals surface area contributed by atoms with Gasteiger partial charge in [-0.05, 0) is 55.8 Å². The van der Waals surface area contributed by atoms with Crippen LogP contribution in [-0.4, -0.2) is 0 Å². The molecule has 0 N–H and O–H groups in total. The third kappa shape index (κ3) is 2.91. The van der Waals surface area contributed by atoms with Gasteiger partial charge >= 0.3 is 0 Å². The van der Waals surface area contributed by atoms with Gasteiger partial charge in [-0.15, -0.1) is 0 Å². The van der Waals surface area contributed by atoms with E-state index in [9.17, 15) is 0 Å². The van der Waals surface area contributed by atoms with Crippen LogP contribution in [0.2, 0.25) is 0 Å². The molecule has 3 fully saturated rings. The summed E-state index contributed by atoms with van der Waals surface area (Å²) in [5.74, 6) is 4.80. The molecule has 0 spiro atoms. The van der Waals surface area contributed by atoms with Gasteiger partial charge in [0.1, 0.15) is 0 Å². The van der Waals surface area contributed by atoms with Crippen molar-refractivity contribution < 1.29 is 65.4 Å². The first-order valence-electron chi connectivity index (χ1n) is 4.95. The molecule has 3 aliphatic carbocycles. The predicted molar refractivity (Wildman–Crippen MR) is 54.5 cm³/mol. The average Bonchev–Trinajstić information content (AvgIpc) is 2.60. The number of hydrogen-bond donors (Lipinski definition) is 0. The molecule has 78 valence electrons. The Morgan fingerprint density at radius 1 is 0.643 bits per heavy atom. The molecule has 2 bridgehead atoms. The molecule has 2 heteroatoms. The molecule has 2 radical (unpaired) electrons. The van der Waals surface area contributed by atoms with Gasteiger partial charge in [-0.25, -0.2) is 0 Å². The molecule has 3 rings (SSSR count). The molecule has 14 heavy (non-hydrogen) atoms. The van der Waals surface area contributed by atoms with Gasteiger partial charge in [0.2, 0.25) is 0 Å². The topological polar surface area (TPSA) is 0 Å². The maximum absolute atomic E-state index is 1.62. The molecule has 0 aliphatic heterocycles. The minimum Gasteiger partial charge on any atom is -0.358 e. The van der Waals surface area contributed by atoms with E-state index in [1.54, 1.807) is 38.5 Å². The van der Waals surface area contributed by atoms with Gasteiger partial charge < -0.3 is 14.9 Å². The summed E-state index contributed by atoms with van der Waals surface area (Å²) < 4.78 is 0. The summed E-state index contributed by atoms with van der Waals surface area (Å²) in [5, 5.41) is 0. The van der Waals surface area contributed by atoms with E-state index in [1.807, 2.05) is 0 Å². The molecule has 0 nitrogen and oxygen atoms in total. The Balaban J connectivity index is 0. The van der Waals surface area contributed by atoms with Crippen LogP contribution in [0.15, 0.2) is 0 Å². The van der Waals surface area contributed by atoms with Crippen LogP contribution in [0.25, 0.3) is 0 Å². The molecule has 3 saturated carbocycles. The van der Waals surface area contributed by atoms with Crippen LogP contribution in [0.5, 0.6) is 0 Å². The van der Waals surface area contributed by atoms with Gasteiger partial charge in [-0.1, -0.05) is 6.42 Å². The van der Waals surface area contributed by atoms with Gasteiger partial charge in [0, 0.05) is 65.4 Å². The fraction of sp³-hybridized carbons (Fsp3) is 0.833. The van der Waals surface area contributed by atoms with Gasteiger partial charge in [0.15, 0.2) is 0 Å². The monoisotopic (exact) mass is 344 g/mol. The average molecular weight is 344 g/mol. The van der Waals surface area contributed by atoms with E-state index in [-0.39, 0.29) is 80.3 Å². The Bertz CT molecular complexity index is 142. The Labute approximate surface area is 141 Å². The normalized spacial score (nSPS) is 41.1. The van der Waals surface area contributed by atoms with Gasteiger partial charge in [-0.2, -0.15) is 0 Å². The van der Waals surface area contributed by atoms with Crippen LogP contribution >= 0.6 is 0 Å². The smallest absolute Gasteiger partial charge is 0 e. The first-order valence-corrected chi connectivity index (χ1v) is 4.95. The Morgan fingerprint density at radius 3 is 1.50 bits per heavy atom. The Hall–Kier alpha value is 2.21. The third-order valence-electron chi connectivity index (χ3n) is 4.35. The fourth-order valence-electron chi connectivity index (χ4n) is 4.02. The number of rotatable bonds is 0. The second-order valence-electron chi connectivity index (χ2n) is 4.59. The molecule has 0 saturated heterocycles. The van der Waals surface area contributed by atoms with E-state index in [2.05, 4.69) is 0 Å². The molecule has 3 aliphatic rings. The van der Waals surface area contributed by atoms with Crippen LogP contribution in [0.4, 0.5) is 0 Å².